The number of likely N-dealkylation sites (tertiary alicyclic amines) is 1. The number of pyridine rings is 1. The fraction of sp³-hybridized carbons (Fsp3) is 0.250. The van der Waals surface area contributed by atoms with Crippen LogP contribution in [0.2, 0.25) is 0 Å². The molecular formula is C24H24N2O2. The van der Waals surface area contributed by atoms with Gasteiger partial charge in [-0.05, 0) is 49.7 Å². The molecule has 0 saturated carbocycles. The van der Waals surface area contributed by atoms with E-state index >= 15 is 0 Å². The normalized spacial score (nSPS) is 14.0. The van der Waals surface area contributed by atoms with Crippen LogP contribution in [0, 0.1) is 0 Å². The second kappa shape index (κ2) is 7.85. The average molecular weight is 372 g/mol. The highest BCUT2D eigenvalue weighted by molar-refractivity contribution is 5.96. The molecule has 28 heavy (non-hydrogen) atoms. The van der Waals surface area contributed by atoms with E-state index in [4.69, 9.17) is 4.74 Å². The first-order chi connectivity index (χ1) is 13.6. The van der Waals surface area contributed by atoms with Gasteiger partial charge in [0, 0.05) is 42.0 Å². The highest BCUT2D eigenvalue weighted by Gasteiger charge is 2.33. The maximum atomic E-state index is 12.9. The molecule has 1 amide bonds. The van der Waals surface area contributed by atoms with Crippen LogP contribution in [0.15, 0.2) is 72.9 Å². The topological polar surface area (TPSA) is 42.4 Å². The minimum atomic E-state index is 0.0660. The molecule has 0 radical (unpaired) electrons. The minimum Gasteiger partial charge on any atom is -0.490 e. The van der Waals surface area contributed by atoms with Crippen LogP contribution in [-0.2, 0) is 0 Å². The molecule has 0 spiro atoms. The minimum absolute atomic E-state index is 0.0660. The zero-order valence-corrected chi connectivity index (χ0v) is 16.2. The predicted octanol–water partition coefficient (Wildman–Crippen LogP) is 4.78. The van der Waals surface area contributed by atoms with Crippen molar-refractivity contribution in [3.05, 3.63) is 84.2 Å². The van der Waals surface area contributed by atoms with Crippen LogP contribution < -0.4 is 4.74 Å². The molecule has 1 aliphatic rings. The monoisotopic (exact) mass is 372 g/mol. The Bertz CT molecular complexity index is 963. The van der Waals surface area contributed by atoms with Crippen molar-refractivity contribution in [3.63, 3.8) is 0 Å². The van der Waals surface area contributed by atoms with Crippen LogP contribution in [0.4, 0.5) is 0 Å². The number of ether oxygens (including phenoxy) is 1. The molecule has 4 nitrogen and oxygen atoms in total. The van der Waals surface area contributed by atoms with Crippen molar-refractivity contribution in [3.8, 4) is 16.9 Å². The van der Waals surface area contributed by atoms with Gasteiger partial charge in [0.15, 0.2) is 0 Å². The van der Waals surface area contributed by atoms with Crippen LogP contribution >= 0.6 is 0 Å². The second-order valence-corrected chi connectivity index (χ2v) is 7.41. The standard InChI is InChI=1S/C24H24N2O2/c1-17(2)28-23-12-4-3-10-21(23)18-8-7-9-19(14-18)24(27)26-15-20(16-26)22-11-5-6-13-25-22/h3-14,17,20H,15-16H2,1-2H3. The van der Waals surface area contributed by atoms with Crippen molar-refractivity contribution in [1.29, 1.82) is 0 Å². The number of carbonyl (C=O) groups excluding carboxylic acids is 1. The van der Waals surface area contributed by atoms with Crippen molar-refractivity contribution in [2.75, 3.05) is 13.1 Å². The number of amides is 1. The van der Waals surface area contributed by atoms with Gasteiger partial charge in [-0.1, -0.05) is 36.4 Å². The molecule has 2 heterocycles. The molecule has 0 bridgehead atoms. The fourth-order valence-corrected chi connectivity index (χ4v) is 3.51. The van der Waals surface area contributed by atoms with Crippen molar-refractivity contribution in [2.45, 2.75) is 25.9 Å². The van der Waals surface area contributed by atoms with E-state index in [0.717, 1.165) is 22.6 Å². The molecule has 0 N–H and O–H groups in total. The van der Waals surface area contributed by atoms with Crippen molar-refractivity contribution >= 4 is 5.91 Å². The van der Waals surface area contributed by atoms with Gasteiger partial charge in [-0.25, -0.2) is 0 Å². The number of nitrogens with zero attached hydrogens (tertiary/aromatic N) is 2. The first-order valence-electron chi connectivity index (χ1n) is 9.68. The quantitative estimate of drug-likeness (QED) is 0.647. The summed E-state index contributed by atoms with van der Waals surface area (Å²) in [6.07, 6.45) is 1.90. The largest absolute Gasteiger partial charge is 0.490 e. The smallest absolute Gasteiger partial charge is 0.253 e. The Labute approximate surface area is 165 Å². The van der Waals surface area contributed by atoms with Gasteiger partial charge < -0.3 is 9.64 Å². The lowest BCUT2D eigenvalue weighted by molar-refractivity contribution is 0.0599. The summed E-state index contributed by atoms with van der Waals surface area (Å²) in [6.45, 7) is 5.46. The summed E-state index contributed by atoms with van der Waals surface area (Å²) >= 11 is 0. The third-order valence-electron chi connectivity index (χ3n) is 4.95. The van der Waals surface area contributed by atoms with E-state index in [2.05, 4.69) is 4.98 Å². The van der Waals surface area contributed by atoms with E-state index < -0.39 is 0 Å². The molecule has 142 valence electrons. The summed E-state index contributed by atoms with van der Waals surface area (Å²) in [5.74, 6) is 1.23. The van der Waals surface area contributed by atoms with Gasteiger partial charge in [-0.3, -0.25) is 9.78 Å². The van der Waals surface area contributed by atoms with Gasteiger partial charge in [-0.15, -0.1) is 0 Å². The number of aromatic nitrogens is 1. The Hall–Kier alpha value is -3.14. The summed E-state index contributed by atoms with van der Waals surface area (Å²) in [5.41, 5.74) is 3.75. The highest BCUT2D eigenvalue weighted by Crippen LogP contribution is 2.32. The lowest BCUT2D eigenvalue weighted by Crippen LogP contribution is -2.48. The van der Waals surface area contributed by atoms with Crippen molar-refractivity contribution in [2.24, 2.45) is 0 Å². The van der Waals surface area contributed by atoms with Gasteiger partial charge in [-0.2, -0.15) is 0 Å². The Morgan fingerprint density at radius 2 is 1.82 bits per heavy atom. The third-order valence-corrected chi connectivity index (χ3v) is 4.95. The molecule has 0 aliphatic carbocycles. The number of rotatable bonds is 5. The van der Waals surface area contributed by atoms with E-state index in [9.17, 15) is 4.79 Å². The second-order valence-electron chi connectivity index (χ2n) is 7.41. The molecule has 1 saturated heterocycles. The number of hydrogen-bond donors (Lipinski definition) is 0. The van der Waals surface area contributed by atoms with Gasteiger partial charge in [0.05, 0.1) is 6.10 Å². The Kier molecular flexibility index (Phi) is 5.11. The highest BCUT2D eigenvalue weighted by atomic mass is 16.5. The molecule has 1 fully saturated rings. The van der Waals surface area contributed by atoms with Gasteiger partial charge in [0.2, 0.25) is 0 Å². The summed E-state index contributed by atoms with van der Waals surface area (Å²) in [5, 5.41) is 0. The maximum Gasteiger partial charge on any atom is 0.253 e. The Morgan fingerprint density at radius 1 is 1.04 bits per heavy atom. The van der Waals surface area contributed by atoms with Gasteiger partial charge in [0.1, 0.15) is 5.75 Å². The lowest BCUT2D eigenvalue weighted by Gasteiger charge is -2.39. The first-order valence-corrected chi connectivity index (χ1v) is 9.68. The van der Waals surface area contributed by atoms with E-state index in [1.54, 1.807) is 6.20 Å². The zero-order chi connectivity index (χ0) is 19.5. The third kappa shape index (κ3) is 3.77. The summed E-state index contributed by atoms with van der Waals surface area (Å²) in [7, 11) is 0. The first kappa shape index (κ1) is 18.2. The molecule has 1 aromatic heterocycles. The fourth-order valence-electron chi connectivity index (χ4n) is 3.51. The number of para-hydroxylation sites is 1. The van der Waals surface area contributed by atoms with Crippen LogP contribution in [0.3, 0.4) is 0 Å². The average Bonchev–Trinajstić information content (AvgIpc) is 2.68. The molecule has 1 aliphatic heterocycles. The molecule has 2 aromatic carbocycles. The molecule has 3 aromatic rings. The zero-order valence-electron chi connectivity index (χ0n) is 16.2. The molecular weight excluding hydrogens is 348 g/mol. The summed E-state index contributed by atoms with van der Waals surface area (Å²) < 4.78 is 5.94. The van der Waals surface area contributed by atoms with Gasteiger partial charge in [0.25, 0.3) is 5.91 Å². The van der Waals surface area contributed by atoms with Gasteiger partial charge >= 0.3 is 0 Å². The molecule has 0 atom stereocenters. The van der Waals surface area contributed by atoms with E-state index in [0.29, 0.717) is 24.6 Å². The van der Waals surface area contributed by atoms with Crippen molar-refractivity contribution in [1.82, 2.24) is 9.88 Å². The Morgan fingerprint density at radius 3 is 2.57 bits per heavy atom. The van der Waals surface area contributed by atoms with Crippen LogP contribution in [0.25, 0.3) is 11.1 Å². The van der Waals surface area contributed by atoms with E-state index in [1.807, 2.05) is 85.5 Å². The summed E-state index contributed by atoms with van der Waals surface area (Å²) in [6, 6.07) is 21.7. The van der Waals surface area contributed by atoms with Crippen LogP contribution in [-0.4, -0.2) is 35.0 Å². The molecule has 4 rings (SSSR count). The summed E-state index contributed by atoms with van der Waals surface area (Å²) in [4.78, 5) is 19.2. The van der Waals surface area contributed by atoms with E-state index in [1.165, 1.54) is 0 Å². The lowest BCUT2D eigenvalue weighted by atomic mass is 9.94. The number of carbonyl (C=O) groups is 1. The van der Waals surface area contributed by atoms with Crippen LogP contribution in [0.5, 0.6) is 5.75 Å². The van der Waals surface area contributed by atoms with E-state index in [-0.39, 0.29) is 12.0 Å². The SMILES string of the molecule is CC(C)Oc1ccccc1-c1cccc(C(=O)N2CC(c3ccccn3)C2)c1. The van der Waals surface area contributed by atoms with Crippen LogP contribution in [0.1, 0.15) is 35.8 Å². The molecule has 4 heteroatoms. The number of hydrogen-bond acceptors (Lipinski definition) is 3. The molecule has 0 unspecified atom stereocenters. The predicted molar refractivity (Wildman–Crippen MR) is 111 cm³/mol. The van der Waals surface area contributed by atoms with Crippen molar-refractivity contribution < 1.29 is 9.53 Å². The maximum absolute atomic E-state index is 12.9. The number of benzene rings is 2. The Balaban J connectivity index is 1.51.